The normalized spacial score (nSPS) is 12.7. The Balaban J connectivity index is 2.16. The third-order valence-electron chi connectivity index (χ3n) is 3.82. The maximum absolute atomic E-state index is 12.7. The smallest absolute Gasteiger partial charge is 0.276 e. The maximum atomic E-state index is 12.7. The van der Waals surface area contributed by atoms with Crippen LogP contribution in [0.4, 0.5) is 0 Å². The molecule has 0 amide bonds. The van der Waals surface area contributed by atoms with Gasteiger partial charge >= 0.3 is 0 Å². The second-order valence-electron chi connectivity index (χ2n) is 5.73. The first-order valence-electron chi connectivity index (χ1n) is 7.97. The molecule has 3 aromatic rings. The Hall–Kier alpha value is -2.27. The van der Waals surface area contributed by atoms with E-state index in [2.05, 4.69) is 25.9 Å². The number of aromatic nitrogens is 2. The summed E-state index contributed by atoms with van der Waals surface area (Å²) in [6.07, 6.45) is -1.42. The number of aliphatic hydroxyl groups is 1. The molecule has 1 aromatic heterocycles. The van der Waals surface area contributed by atoms with Gasteiger partial charge in [0, 0.05) is 20.6 Å². The molecule has 0 saturated carbocycles. The number of benzene rings is 2. The van der Waals surface area contributed by atoms with E-state index in [9.17, 15) is 9.90 Å². The first-order valence-corrected chi connectivity index (χ1v) is 9.51. The van der Waals surface area contributed by atoms with Crippen molar-refractivity contribution in [2.75, 3.05) is 0 Å². The lowest BCUT2D eigenvalue weighted by atomic mass is 10.0. The van der Waals surface area contributed by atoms with Gasteiger partial charge < -0.3 is 10.1 Å². The molecule has 2 aromatic carbocycles. The molecule has 0 bridgehead atoms. The summed E-state index contributed by atoms with van der Waals surface area (Å²) >= 11 is 23.0. The lowest BCUT2D eigenvalue weighted by molar-refractivity contribution is 0.247. The van der Waals surface area contributed by atoms with Gasteiger partial charge in [-0.3, -0.25) is 15.6 Å². The van der Waals surface area contributed by atoms with Crippen molar-refractivity contribution in [2.45, 2.75) is 6.10 Å². The number of thiocarbonyl (C=S) groups is 1. The summed E-state index contributed by atoms with van der Waals surface area (Å²) in [6, 6.07) is 9.31. The number of nitrogens with two attached hydrogens (primary N) is 1. The van der Waals surface area contributed by atoms with Crippen molar-refractivity contribution in [1.29, 1.82) is 0 Å². The van der Waals surface area contributed by atoms with Crippen molar-refractivity contribution >= 4 is 68.9 Å². The molecule has 0 aliphatic rings. The van der Waals surface area contributed by atoms with Gasteiger partial charge in [0.05, 0.1) is 11.0 Å². The number of nitrogens with zero attached hydrogens (tertiary/aromatic N) is 2. The molecule has 8 nitrogen and oxygen atoms in total. The fourth-order valence-corrected chi connectivity index (χ4v) is 3.22. The Bertz CT molecular complexity index is 1180. The van der Waals surface area contributed by atoms with Crippen LogP contribution < -0.4 is 22.3 Å². The minimum Gasteiger partial charge on any atom is -0.382 e. The quantitative estimate of drug-likeness (QED) is 0.171. The molecule has 0 unspecified atom stereocenters. The molecule has 1 heterocycles. The molecule has 29 heavy (non-hydrogen) atoms. The van der Waals surface area contributed by atoms with Crippen LogP contribution in [-0.2, 0) is 0 Å². The highest BCUT2D eigenvalue weighted by molar-refractivity contribution is 7.80. The molecule has 0 aliphatic carbocycles. The molecular weight excluding hydrogens is 459 g/mol. The third-order valence-corrected chi connectivity index (χ3v) is 4.83. The van der Waals surface area contributed by atoms with E-state index in [-0.39, 0.29) is 27.1 Å². The Morgan fingerprint density at radius 2 is 1.90 bits per heavy atom. The topological polar surface area (TPSA) is 128 Å². The number of aliphatic hydroxyl groups excluding tert-OH is 1. The molecule has 6 N–H and O–H groups in total. The molecule has 0 spiro atoms. The monoisotopic (exact) mass is 470 g/mol. The Kier molecular flexibility index (Phi) is 6.68. The summed E-state index contributed by atoms with van der Waals surface area (Å²) in [4.78, 5) is 19.6. The Morgan fingerprint density at radius 1 is 1.21 bits per heavy atom. The first-order chi connectivity index (χ1) is 13.8. The van der Waals surface area contributed by atoms with Crippen LogP contribution in [-0.4, -0.2) is 25.9 Å². The molecular formula is C17H13Cl3N6O2S. The molecule has 0 fully saturated rings. The van der Waals surface area contributed by atoms with Gasteiger partial charge in [0.15, 0.2) is 5.69 Å². The van der Waals surface area contributed by atoms with Crippen molar-refractivity contribution in [1.82, 2.24) is 20.8 Å². The lowest BCUT2D eigenvalue weighted by Gasteiger charge is -2.16. The number of hydrazine groups is 1. The second kappa shape index (κ2) is 9.04. The number of nitrogens with one attached hydrogen (secondary N) is 3. The molecule has 12 heteroatoms. The van der Waals surface area contributed by atoms with Crippen molar-refractivity contribution < 1.29 is 5.11 Å². The molecule has 0 aliphatic heterocycles. The Morgan fingerprint density at radius 3 is 2.59 bits per heavy atom. The van der Waals surface area contributed by atoms with Gasteiger partial charge in [-0.1, -0.05) is 40.9 Å². The van der Waals surface area contributed by atoms with Crippen LogP contribution in [0.2, 0.25) is 15.1 Å². The van der Waals surface area contributed by atoms with E-state index in [0.717, 1.165) is 0 Å². The van der Waals surface area contributed by atoms with E-state index in [0.29, 0.717) is 21.1 Å². The standard InChI is InChI=1S/C17H13Cl3N6O2S/c18-7-1-3-9(10(20)5-7)15(27)13(25-26-17(29)24-21)14-16(28)23-12-6-8(19)2-4-11(12)22-14/h1-6,15,27H,21H2,(H,23,28)(H2,24,26,29)/b25-13+/t15-/m0/s1. The van der Waals surface area contributed by atoms with Crippen molar-refractivity contribution in [2.24, 2.45) is 10.9 Å². The van der Waals surface area contributed by atoms with Crippen LogP contribution in [0.1, 0.15) is 17.4 Å². The predicted molar refractivity (Wildman–Crippen MR) is 118 cm³/mol. The minimum absolute atomic E-state index is 0.0408. The number of H-pyrrole nitrogens is 1. The van der Waals surface area contributed by atoms with Gasteiger partial charge in [-0.15, -0.1) is 0 Å². The first kappa shape index (κ1) is 21.4. The number of fused-ring (bicyclic) bond motifs is 1. The van der Waals surface area contributed by atoms with Gasteiger partial charge in [-0.05, 0) is 42.5 Å². The molecule has 0 radical (unpaired) electrons. The number of halogens is 3. The average Bonchev–Trinajstić information content (AvgIpc) is 2.68. The van der Waals surface area contributed by atoms with Crippen LogP contribution in [0, 0.1) is 0 Å². The summed E-state index contributed by atoms with van der Waals surface area (Å²) < 4.78 is 0. The van der Waals surface area contributed by atoms with E-state index >= 15 is 0 Å². The molecule has 3 rings (SSSR count). The summed E-state index contributed by atoms with van der Waals surface area (Å²) in [7, 11) is 0. The van der Waals surface area contributed by atoms with Crippen molar-refractivity contribution in [3.05, 3.63) is 73.1 Å². The van der Waals surface area contributed by atoms with Crippen molar-refractivity contribution in [3.8, 4) is 0 Å². The lowest BCUT2D eigenvalue weighted by Crippen LogP contribution is -2.38. The van der Waals surface area contributed by atoms with Crippen LogP contribution in [0.5, 0.6) is 0 Å². The Labute approximate surface area is 184 Å². The van der Waals surface area contributed by atoms with Crippen LogP contribution in [0.25, 0.3) is 11.0 Å². The van der Waals surface area contributed by atoms with Gasteiger partial charge in [0.1, 0.15) is 11.8 Å². The largest absolute Gasteiger partial charge is 0.382 e. The summed E-state index contributed by atoms with van der Waals surface area (Å²) in [5.41, 5.74) is 4.87. The highest BCUT2D eigenvalue weighted by Gasteiger charge is 2.24. The van der Waals surface area contributed by atoms with Gasteiger partial charge in [0.2, 0.25) is 5.11 Å². The zero-order valence-electron chi connectivity index (χ0n) is 14.4. The van der Waals surface area contributed by atoms with Gasteiger partial charge in [0.25, 0.3) is 5.56 Å². The van der Waals surface area contributed by atoms with E-state index in [1.54, 1.807) is 24.3 Å². The molecule has 1 atom stereocenters. The summed E-state index contributed by atoms with van der Waals surface area (Å²) in [6.45, 7) is 0. The van der Waals surface area contributed by atoms with Gasteiger partial charge in [-0.2, -0.15) is 5.10 Å². The van der Waals surface area contributed by atoms with E-state index < -0.39 is 11.7 Å². The second-order valence-corrected chi connectivity index (χ2v) is 7.42. The number of aromatic amines is 1. The zero-order valence-corrected chi connectivity index (χ0v) is 17.5. The van der Waals surface area contributed by atoms with Gasteiger partial charge in [-0.25, -0.2) is 10.8 Å². The van der Waals surface area contributed by atoms with E-state index in [1.807, 2.05) is 0 Å². The number of hydrogen-bond donors (Lipinski definition) is 5. The minimum atomic E-state index is -1.42. The average molecular weight is 472 g/mol. The number of hydrogen-bond acceptors (Lipinski definition) is 6. The van der Waals surface area contributed by atoms with E-state index in [4.69, 9.17) is 52.9 Å². The SMILES string of the molecule is NNC(=S)N/N=C(\c1nc2ccc(Cl)cc2[nH]c1=O)[C@@H](O)c1ccc(Cl)cc1Cl. The number of hydrazone groups is 1. The highest BCUT2D eigenvalue weighted by Crippen LogP contribution is 2.28. The summed E-state index contributed by atoms with van der Waals surface area (Å²) in [5, 5.41) is 15.9. The van der Waals surface area contributed by atoms with E-state index in [1.165, 1.54) is 12.1 Å². The third kappa shape index (κ3) is 4.84. The zero-order chi connectivity index (χ0) is 21.1. The van der Waals surface area contributed by atoms with Crippen LogP contribution in [0.15, 0.2) is 46.3 Å². The molecule has 150 valence electrons. The van der Waals surface area contributed by atoms with Crippen molar-refractivity contribution in [3.63, 3.8) is 0 Å². The maximum Gasteiger partial charge on any atom is 0.276 e. The van der Waals surface area contributed by atoms with Crippen LogP contribution >= 0.6 is 47.0 Å². The fourth-order valence-electron chi connectivity index (χ4n) is 2.49. The fraction of sp³-hybridized carbons (Fsp3) is 0.0588. The summed E-state index contributed by atoms with van der Waals surface area (Å²) in [5.74, 6) is 5.23. The molecule has 0 saturated heterocycles. The predicted octanol–water partition coefficient (Wildman–Crippen LogP) is 2.66. The van der Waals surface area contributed by atoms with Crippen LogP contribution in [0.3, 0.4) is 0 Å². The number of rotatable bonds is 4. The highest BCUT2D eigenvalue weighted by atomic mass is 35.5.